The molecule has 0 radical (unpaired) electrons. The summed E-state index contributed by atoms with van der Waals surface area (Å²) in [5.74, 6) is -0.335. The number of carbonyl (C=O) groups is 1. The van der Waals surface area contributed by atoms with Crippen LogP contribution in [0.25, 0.3) is 0 Å². The highest BCUT2D eigenvalue weighted by atomic mass is 31.2. The number of hydrogen-bond acceptors (Lipinski definition) is 7. The second-order valence-corrected chi connectivity index (χ2v) is 13.5. The van der Waals surface area contributed by atoms with Crippen LogP contribution in [0, 0.1) is 0 Å². The van der Waals surface area contributed by atoms with Crippen LogP contribution in [-0.2, 0) is 27.9 Å². The number of unbranched alkanes of at least 4 members (excludes halogenated alkanes) is 18. The summed E-state index contributed by atoms with van der Waals surface area (Å²) >= 11 is 0. The molecule has 0 saturated carbocycles. The standard InChI is InChI=1S/C36H70NO7P/c1-3-5-7-9-11-13-15-17-18-20-22-24-26-28-31-41-33-35(34-43-45(39,40)42-32-30-37)44-36(38)29-27-25-23-21-19-16-14-12-10-8-6-4-2/h7,9,13,15,35H,3-6,8,10-12,14,16-34,37H2,1-2H3,(H,39,40)/b9-7-,15-13-. The van der Waals surface area contributed by atoms with Gasteiger partial charge in [0.1, 0.15) is 6.10 Å². The number of nitrogens with two attached hydrogens (primary N) is 1. The molecule has 0 spiro atoms. The quantitative estimate of drug-likeness (QED) is 0.0299. The largest absolute Gasteiger partial charge is 0.472 e. The maximum atomic E-state index is 12.5. The maximum Gasteiger partial charge on any atom is 0.472 e. The Kier molecular flexibility index (Phi) is 33.5. The average molecular weight is 660 g/mol. The zero-order valence-corrected chi connectivity index (χ0v) is 30.0. The Morgan fingerprint density at radius 3 is 1.82 bits per heavy atom. The van der Waals surface area contributed by atoms with Gasteiger partial charge in [-0.15, -0.1) is 0 Å². The molecule has 0 aromatic heterocycles. The summed E-state index contributed by atoms with van der Waals surface area (Å²) in [6.07, 6.45) is 34.7. The third-order valence-corrected chi connectivity index (χ3v) is 8.59. The lowest BCUT2D eigenvalue weighted by Crippen LogP contribution is -2.28. The lowest BCUT2D eigenvalue weighted by Gasteiger charge is -2.20. The third-order valence-electron chi connectivity index (χ3n) is 7.60. The number of allylic oxidation sites excluding steroid dienone is 4. The lowest BCUT2D eigenvalue weighted by molar-refractivity contribution is -0.154. The fourth-order valence-electron chi connectivity index (χ4n) is 4.92. The number of rotatable bonds is 35. The molecule has 45 heavy (non-hydrogen) atoms. The van der Waals surface area contributed by atoms with Gasteiger partial charge in [0.25, 0.3) is 0 Å². The molecule has 0 rings (SSSR count). The molecule has 0 aliphatic rings. The molecule has 0 aliphatic heterocycles. The molecule has 0 saturated heterocycles. The van der Waals surface area contributed by atoms with Crippen molar-refractivity contribution in [2.45, 2.75) is 168 Å². The Morgan fingerprint density at radius 2 is 1.22 bits per heavy atom. The van der Waals surface area contributed by atoms with Crippen molar-refractivity contribution in [1.29, 1.82) is 0 Å². The van der Waals surface area contributed by atoms with E-state index in [2.05, 4.69) is 38.2 Å². The second kappa shape index (κ2) is 34.3. The molecule has 0 amide bonds. The van der Waals surface area contributed by atoms with Crippen molar-refractivity contribution in [2.24, 2.45) is 5.73 Å². The monoisotopic (exact) mass is 659 g/mol. The highest BCUT2D eigenvalue weighted by molar-refractivity contribution is 7.47. The molecule has 0 fully saturated rings. The average Bonchev–Trinajstić information content (AvgIpc) is 3.02. The van der Waals surface area contributed by atoms with E-state index >= 15 is 0 Å². The summed E-state index contributed by atoms with van der Waals surface area (Å²) < 4.78 is 33.2. The van der Waals surface area contributed by atoms with E-state index in [4.69, 9.17) is 24.3 Å². The van der Waals surface area contributed by atoms with Crippen LogP contribution in [0.5, 0.6) is 0 Å². The zero-order chi connectivity index (χ0) is 33.1. The Balaban J connectivity index is 4.11. The van der Waals surface area contributed by atoms with Crippen molar-refractivity contribution < 1.29 is 32.8 Å². The van der Waals surface area contributed by atoms with Crippen molar-refractivity contribution in [3.05, 3.63) is 24.3 Å². The number of phosphoric acid groups is 1. The highest BCUT2D eigenvalue weighted by Gasteiger charge is 2.25. The predicted molar refractivity (Wildman–Crippen MR) is 187 cm³/mol. The number of hydrogen-bond donors (Lipinski definition) is 2. The summed E-state index contributed by atoms with van der Waals surface area (Å²) in [6, 6.07) is 0. The normalized spacial score (nSPS) is 14.0. The van der Waals surface area contributed by atoms with Crippen LogP contribution in [0.4, 0.5) is 0 Å². The number of carbonyl (C=O) groups excluding carboxylic acids is 1. The minimum absolute atomic E-state index is 0.0961. The summed E-state index contributed by atoms with van der Waals surface area (Å²) in [7, 11) is -4.27. The van der Waals surface area contributed by atoms with Crippen LogP contribution < -0.4 is 5.73 Å². The van der Waals surface area contributed by atoms with Crippen LogP contribution in [-0.4, -0.2) is 49.9 Å². The van der Waals surface area contributed by atoms with Crippen LogP contribution in [0.1, 0.15) is 162 Å². The van der Waals surface area contributed by atoms with Gasteiger partial charge < -0.3 is 20.1 Å². The number of esters is 1. The molecule has 0 bridgehead atoms. The van der Waals surface area contributed by atoms with Crippen LogP contribution in [0.15, 0.2) is 24.3 Å². The van der Waals surface area contributed by atoms with E-state index in [1.54, 1.807) is 0 Å². The molecule has 2 unspecified atom stereocenters. The van der Waals surface area contributed by atoms with E-state index < -0.39 is 13.9 Å². The highest BCUT2D eigenvalue weighted by Crippen LogP contribution is 2.43. The Hall–Kier alpha value is -1.02. The molecule has 9 heteroatoms. The van der Waals surface area contributed by atoms with Gasteiger partial charge in [-0.25, -0.2) is 4.57 Å². The summed E-state index contributed by atoms with van der Waals surface area (Å²) in [6.45, 7) is 4.83. The third kappa shape index (κ3) is 34.1. The van der Waals surface area contributed by atoms with Crippen molar-refractivity contribution in [1.82, 2.24) is 0 Å². The van der Waals surface area contributed by atoms with Gasteiger partial charge in [-0.05, 0) is 38.5 Å². The minimum Gasteiger partial charge on any atom is -0.457 e. The Labute approximate surface area is 276 Å². The molecule has 0 aromatic carbocycles. The first-order chi connectivity index (χ1) is 21.9. The van der Waals surface area contributed by atoms with Crippen LogP contribution >= 0.6 is 7.82 Å². The van der Waals surface area contributed by atoms with Crippen LogP contribution in [0.2, 0.25) is 0 Å². The van der Waals surface area contributed by atoms with Gasteiger partial charge in [0, 0.05) is 19.6 Å². The zero-order valence-electron chi connectivity index (χ0n) is 29.1. The Bertz CT molecular complexity index is 747. The second-order valence-electron chi connectivity index (χ2n) is 12.1. The minimum atomic E-state index is -4.27. The van der Waals surface area contributed by atoms with Gasteiger partial charge in [-0.1, -0.05) is 141 Å². The van der Waals surface area contributed by atoms with E-state index in [0.29, 0.717) is 13.0 Å². The van der Waals surface area contributed by atoms with Gasteiger partial charge in [0.05, 0.1) is 19.8 Å². The van der Waals surface area contributed by atoms with Crippen molar-refractivity contribution in [2.75, 3.05) is 33.0 Å². The molecule has 0 aliphatic carbocycles. The first-order valence-electron chi connectivity index (χ1n) is 18.3. The number of ether oxygens (including phenoxy) is 2. The van der Waals surface area contributed by atoms with Crippen molar-refractivity contribution in [3.63, 3.8) is 0 Å². The first kappa shape index (κ1) is 44.0. The summed E-state index contributed by atoms with van der Waals surface area (Å²) in [4.78, 5) is 22.3. The van der Waals surface area contributed by atoms with Crippen molar-refractivity contribution in [3.8, 4) is 0 Å². The van der Waals surface area contributed by atoms with E-state index in [0.717, 1.165) is 44.9 Å². The van der Waals surface area contributed by atoms with Gasteiger partial charge in [0.15, 0.2) is 0 Å². The van der Waals surface area contributed by atoms with E-state index in [1.165, 1.54) is 96.3 Å². The van der Waals surface area contributed by atoms with Gasteiger partial charge in [-0.2, -0.15) is 0 Å². The van der Waals surface area contributed by atoms with Gasteiger partial charge in [-0.3, -0.25) is 13.8 Å². The molecular formula is C36H70NO7P. The van der Waals surface area contributed by atoms with Gasteiger partial charge in [0.2, 0.25) is 0 Å². The summed E-state index contributed by atoms with van der Waals surface area (Å²) in [5, 5.41) is 0. The topological polar surface area (TPSA) is 117 Å². The SMILES string of the molecule is CCC/C=C\C/C=C\CCCCCCCCOCC(COP(=O)(O)OCCN)OC(=O)CCCCCCCCCCCCCC. The summed E-state index contributed by atoms with van der Waals surface area (Å²) in [5.41, 5.74) is 5.34. The van der Waals surface area contributed by atoms with Crippen molar-refractivity contribution >= 4 is 13.8 Å². The molecule has 3 N–H and O–H groups in total. The maximum absolute atomic E-state index is 12.5. The smallest absolute Gasteiger partial charge is 0.457 e. The van der Waals surface area contributed by atoms with E-state index in [9.17, 15) is 14.3 Å². The molecule has 2 atom stereocenters. The Morgan fingerprint density at radius 1 is 0.667 bits per heavy atom. The molecular weight excluding hydrogens is 589 g/mol. The van der Waals surface area contributed by atoms with E-state index in [-0.39, 0.29) is 32.3 Å². The van der Waals surface area contributed by atoms with E-state index in [1.807, 2.05) is 0 Å². The number of phosphoric ester groups is 1. The molecule has 0 heterocycles. The van der Waals surface area contributed by atoms with Gasteiger partial charge >= 0.3 is 13.8 Å². The fourth-order valence-corrected chi connectivity index (χ4v) is 5.68. The molecule has 0 aromatic rings. The lowest BCUT2D eigenvalue weighted by atomic mass is 10.0. The predicted octanol–water partition coefficient (Wildman–Crippen LogP) is 10.1. The first-order valence-corrected chi connectivity index (χ1v) is 19.8. The molecule has 266 valence electrons. The van der Waals surface area contributed by atoms with Crippen LogP contribution in [0.3, 0.4) is 0 Å². The molecule has 8 nitrogen and oxygen atoms in total. The fraction of sp³-hybridized carbons (Fsp3) is 0.861.